The third-order valence-electron chi connectivity index (χ3n) is 1.85. The van der Waals surface area contributed by atoms with E-state index >= 15 is 0 Å². The molecule has 0 amide bonds. The van der Waals surface area contributed by atoms with Gasteiger partial charge in [-0.3, -0.25) is 0 Å². The summed E-state index contributed by atoms with van der Waals surface area (Å²) in [4.78, 5) is 0. The summed E-state index contributed by atoms with van der Waals surface area (Å²) in [6.07, 6.45) is 0.136. The predicted molar refractivity (Wildman–Crippen MR) is 56.6 cm³/mol. The molecule has 1 rings (SSSR count). The standard InChI is InChI=1S/C11H17NO2/c1-8(2)14-10-6-4-5-9(7-12)11(10)13-3/h4-6,8H,7,12H2,1-3H3. The highest BCUT2D eigenvalue weighted by Gasteiger charge is 2.09. The first-order valence-corrected chi connectivity index (χ1v) is 4.71. The maximum absolute atomic E-state index is 5.60. The van der Waals surface area contributed by atoms with Crippen LogP contribution in [0.1, 0.15) is 19.4 Å². The van der Waals surface area contributed by atoms with Crippen LogP contribution >= 0.6 is 0 Å². The highest BCUT2D eigenvalue weighted by Crippen LogP contribution is 2.31. The highest BCUT2D eigenvalue weighted by molar-refractivity contribution is 5.46. The second-order valence-corrected chi connectivity index (χ2v) is 3.32. The molecular weight excluding hydrogens is 178 g/mol. The molecule has 0 heterocycles. The lowest BCUT2D eigenvalue weighted by molar-refractivity contribution is 0.229. The fourth-order valence-electron chi connectivity index (χ4n) is 1.30. The molecule has 0 aliphatic carbocycles. The fraction of sp³-hybridized carbons (Fsp3) is 0.455. The van der Waals surface area contributed by atoms with Gasteiger partial charge in [0.2, 0.25) is 0 Å². The van der Waals surface area contributed by atoms with E-state index in [-0.39, 0.29) is 6.10 Å². The van der Waals surface area contributed by atoms with Crippen LogP contribution in [0.15, 0.2) is 18.2 Å². The molecule has 3 heteroatoms. The molecule has 14 heavy (non-hydrogen) atoms. The zero-order valence-corrected chi connectivity index (χ0v) is 8.91. The molecule has 0 saturated heterocycles. The van der Waals surface area contributed by atoms with E-state index in [1.807, 2.05) is 32.0 Å². The van der Waals surface area contributed by atoms with E-state index in [9.17, 15) is 0 Å². The molecule has 3 nitrogen and oxygen atoms in total. The number of rotatable bonds is 4. The molecule has 0 radical (unpaired) electrons. The molecule has 0 atom stereocenters. The minimum Gasteiger partial charge on any atom is -0.493 e. The Morgan fingerprint density at radius 1 is 1.36 bits per heavy atom. The topological polar surface area (TPSA) is 44.5 Å². The van der Waals surface area contributed by atoms with Gasteiger partial charge in [-0.15, -0.1) is 0 Å². The van der Waals surface area contributed by atoms with Gasteiger partial charge < -0.3 is 15.2 Å². The Labute approximate surface area is 84.8 Å². The van der Waals surface area contributed by atoms with Crippen molar-refractivity contribution in [2.45, 2.75) is 26.5 Å². The van der Waals surface area contributed by atoms with Crippen molar-refractivity contribution < 1.29 is 9.47 Å². The predicted octanol–water partition coefficient (Wildman–Crippen LogP) is 1.94. The molecule has 0 aliphatic rings. The van der Waals surface area contributed by atoms with E-state index in [4.69, 9.17) is 15.2 Å². The second-order valence-electron chi connectivity index (χ2n) is 3.32. The Kier molecular flexibility index (Phi) is 3.77. The average Bonchev–Trinajstić information content (AvgIpc) is 2.16. The summed E-state index contributed by atoms with van der Waals surface area (Å²) in [7, 11) is 1.63. The highest BCUT2D eigenvalue weighted by atomic mass is 16.5. The van der Waals surface area contributed by atoms with Gasteiger partial charge in [0.05, 0.1) is 13.2 Å². The quantitative estimate of drug-likeness (QED) is 0.798. The lowest BCUT2D eigenvalue weighted by Gasteiger charge is -2.15. The molecule has 0 unspecified atom stereocenters. The van der Waals surface area contributed by atoms with Gasteiger partial charge in [-0.25, -0.2) is 0 Å². The van der Waals surface area contributed by atoms with E-state index in [1.165, 1.54) is 0 Å². The van der Waals surface area contributed by atoms with Crippen LogP contribution in [-0.2, 0) is 6.54 Å². The molecule has 1 aromatic carbocycles. The zero-order chi connectivity index (χ0) is 10.6. The number of para-hydroxylation sites is 1. The molecular formula is C11H17NO2. The normalized spacial score (nSPS) is 10.4. The van der Waals surface area contributed by atoms with Crippen LogP contribution in [0.5, 0.6) is 11.5 Å². The maximum atomic E-state index is 5.60. The Bertz CT molecular complexity index is 297. The Morgan fingerprint density at radius 3 is 2.57 bits per heavy atom. The van der Waals surface area contributed by atoms with Crippen molar-refractivity contribution in [3.8, 4) is 11.5 Å². The monoisotopic (exact) mass is 195 g/mol. The minimum absolute atomic E-state index is 0.136. The van der Waals surface area contributed by atoms with Gasteiger partial charge in [0, 0.05) is 12.1 Å². The SMILES string of the molecule is COc1c(CN)cccc1OC(C)C. The van der Waals surface area contributed by atoms with Gasteiger partial charge in [-0.1, -0.05) is 12.1 Å². The van der Waals surface area contributed by atoms with E-state index in [1.54, 1.807) is 7.11 Å². The number of nitrogens with two attached hydrogens (primary N) is 1. The number of ether oxygens (including phenoxy) is 2. The molecule has 0 aliphatic heterocycles. The Balaban J connectivity index is 3.02. The van der Waals surface area contributed by atoms with Crippen molar-refractivity contribution in [3.05, 3.63) is 23.8 Å². The van der Waals surface area contributed by atoms with Crippen molar-refractivity contribution in [2.75, 3.05) is 7.11 Å². The van der Waals surface area contributed by atoms with Crippen molar-refractivity contribution in [2.24, 2.45) is 5.73 Å². The smallest absolute Gasteiger partial charge is 0.165 e. The van der Waals surface area contributed by atoms with Gasteiger partial charge in [0.15, 0.2) is 11.5 Å². The molecule has 0 spiro atoms. The molecule has 0 fully saturated rings. The van der Waals surface area contributed by atoms with Crippen LogP contribution in [0.3, 0.4) is 0 Å². The third kappa shape index (κ3) is 2.39. The first-order valence-electron chi connectivity index (χ1n) is 4.71. The summed E-state index contributed by atoms with van der Waals surface area (Å²) in [5.41, 5.74) is 6.55. The largest absolute Gasteiger partial charge is 0.493 e. The van der Waals surface area contributed by atoms with Gasteiger partial charge in [-0.05, 0) is 19.9 Å². The van der Waals surface area contributed by atoms with E-state index in [2.05, 4.69) is 0 Å². The number of hydrogen-bond donors (Lipinski definition) is 1. The summed E-state index contributed by atoms with van der Waals surface area (Å²) in [6.45, 7) is 4.42. The van der Waals surface area contributed by atoms with Crippen LogP contribution in [0.25, 0.3) is 0 Å². The van der Waals surface area contributed by atoms with Gasteiger partial charge >= 0.3 is 0 Å². The minimum atomic E-state index is 0.136. The van der Waals surface area contributed by atoms with E-state index < -0.39 is 0 Å². The Morgan fingerprint density at radius 2 is 2.07 bits per heavy atom. The summed E-state index contributed by atoms with van der Waals surface area (Å²) < 4.78 is 10.9. The first kappa shape index (κ1) is 10.9. The molecule has 0 saturated carbocycles. The van der Waals surface area contributed by atoms with E-state index in [0.717, 1.165) is 17.1 Å². The van der Waals surface area contributed by atoms with Crippen LogP contribution < -0.4 is 15.2 Å². The summed E-state index contributed by atoms with van der Waals surface area (Å²) in [5, 5.41) is 0. The van der Waals surface area contributed by atoms with Crippen LogP contribution in [-0.4, -0.2) is 13.2 Å². The van der Waals surface area contributed by atoms with Gasteiger partial charge in [-0.2, -0.15) is 0 Å². The van der Waals surface area contributed by atoms with Crippen molar-refractivity contribution in [1.29, 1.82) is 0 Å². The van der Waals surface area contributed by atoms with Crippen molar-refractivity contribution in [3.63, 3.8) is 0 Å². The van der Waals surface area contributed by atoms with Crippen LogP contribution in [0, 0.1) is 0 Å². The zero-order valence-electron chi connectivity index (χ0n) is 8.91. The lowest BCUT2D eigenvalue weighted by Crippen LogP contribution is -2.08. The van der Waals surface area contributed by atoms with Gasteiger partial charge in [0.1, 0.15) is 0 Å². The maximum Gasteiger partial charge on any atom is 0.165 e. The summed E-state index contributed by atoms with van der Waals surface area (Å²) in [5.74, 6) is 1.49. The molecule has 0 aromatic heterocycles. The van der Waals surface area contributed by atoms with Crippen molar-refractivity contribution in [1.82, 2.24) is 0 Å². The number of benzene rings is 1. The molecule has 2 N–H and O–H groups in total. The third-order valence-corrected chi connectivity index (χ3v) is 1.85. The molecule has 1 aromatic rings. The fourth-order valence-corrected chi connectivity index (χ4v) is 1.30. The molecule has 78 valence electrons. The van der Waals surface area contributed by atoms with E-state index in [0.29, 0.717) is 6.54 Å². The Hall–Kier alpha value is -1.22. The first-order chi connectivity index (χ1) is 6.69. The second kappa shape index (κ2) is 4.86. The average molecular weight is 195 g/mol. The summed E-state index contributed by atoms with van der Waals surface area (Å²) >= 11 is 0. The van der Waals surface area contributed by atoms with Crippen molar-refractivity contribution >= 4 is 0 Å². The van der Waals surface area contributed by atoms with Crippen LogP contribution in [0.2, 0.25) is 0 Å². The molecule has 0 bridgehead atoms. The van der Waals surface area contributed by atoms with Crippen LogP contribution in [0.4, 0.5) is 0 Å². The van der Waals surface area contributed by atoms with Gasteiger partial charge in [0.25, 0.3) is 0 Å². The summed E-state index contributed by atoms with van der Waals surface area (Å²) in [6, 6.07) is 5.74. The lowest BCUT2D eigenvalue weighted by atomic mass is 10.2. The number of hydrogen-bond acceptors (Lipinski definition) is 3. The number of methoxy groups -OCH3 is 1.